The van der Waals surface area contributed by atoms with Gasteiger partial charge in [-0.15, -0.1) is 0 Å². The third kappa shape index (κ3) is 3.41. The average molecular weight is 319 g/mol. The lowest BCUT2D eigenvalue weighted by atomic mass is 10.1. The molecule has 23 heavy (non-hydrogen) atoms. The molecule has 1 heterocycles. The molecule has 0 aliphatic carbocycles. The molecule has 0 saturated heterocycles. The van der Waals surface area contributed by atoms with Gasteiger partial charge >= 0.3 is 5.97 Å². The summed E-state index contributed by atoms with van der Waals surface area (Å²) in [5.41, 5.74) is 1.98. The Labute approximate surface area is 133 Å². The molecule has 5 nitrogen and oxygen atoms in total. The number of halogens is 1. The zero-order valence-electron chi connectivity index (χ0n) is 13.5. The van der Waals surface area contributed by atoms with Crippen molar-refractivity contribution in [1.29, 1.82) is 0 Å². The fourth-order valence-corrected chi connectivity index (χ4v) is 2.21. The smallest absolute Gasteiger partial charge is 0.341 e. The van der Waals surface area contributed by atoms with Crippen molar-refractivity contribution in [3.8, 4) is 5.75 Å². The molecular weight excluding hydrogens is 301 g/mol. The second kappa shape index (κ2) is 6.64. The molecular formula is C17H18FNO4. The van der Waals surface area contributed by atoms with E-state index in [4.69, 9.17) is 9.47 Å². The number of methoxy groups -OCH3 is 1. The number of benzene rings is 1. The predicted molar refractivity (Wildman–Crippen MR) is 82.5 cm³/mol. The number of rotatable bonds is 5. The molecule has 0 aliphatic rings. The number of esters is 1. The largest absolute Gasteiger partial charge is 0.497 e. The number of aryl methyl sites for hydroxylation is 1. The van der Waals surface area contributed by atoms with Crippen LogP contribution in [0.25, 0.3) is 0 Å². The summed E-state index contributed by atoms with van der Waals surface area (Å²) in [5.74, 6) is -1.67. The van der Waals surface area contributed by atoms with Crippen LogP contribution in [-0.4, -0.2) is 30.0 Å². The summed E-state index contributed by atoms with van der Waals surface area (Å²) in [4.78, 5) is 24.0. The Kier molecular flexibility index (Phi) is 4.83. The molecule has 0 aliphatic heterocycles. The Morgan fingerprint density at radius 1 is 1.17 bits per heavy atom. The predicted octanol–water partition coefficient (Wildman–Crippen LogP) is 2.83. The number of nitrogens with zero attached hydrogens (tertiary/aromatic N) is 1. The van der Waals surface area contributed by atoms with Crippen molar-refractivity contribution in [2.45, 2.75) is 13.8 Å². The maximum atomic E-state index is 13.8. The Balaban J connectivity index is 2.07. The first-order chi connectivity index (χ1) is 10.8. The van der Waals surface area contributed by atoms with E-state index in [0.29, 0.717) is 11.3 Å². The van der Waals surface area contributed by atoms with E-state index in [1.807, 2.05) is 25.5 Å². The molecule has 2 rings (SSSR count). The lowest BCUT2D eigenvalue weighted by molar-refractivity contribution is 0.0470. The SMILES string of the molecule is COc1ccc(C(=O)OCC(=O)c2cc(C)n(C)c2C)c(F)c1. The third-order valence-electron chi connectivity index (χ3n) is 3.81. The van der Waals surface area contributed by atoms with Crippen LogP contribution in [-0.2, 0) is 11.8 Å². The number of Topliss-reactive ketones (excluding diaryl/α,β-unsaturated/α-hetero) is 1. The summed E-state index contributed by atoms with van der Waals surface area (Å²) < 4.78 is 25.4. The van der Waals surface area contributed by atoms with E-state index in [1.54, 1.807) is 6.07 Å². The Morgan fingerprint density at radius 3 is 2.39 bits per heavy atom. The van der Waals surface area contributed by atoms with Gasteiger partial charge in [0.15, 0.2) is 6.61 Å². The van der Waals surface area contributed by atoms with Gasteiger partial charge in [0.25, 0.3) is 0 Å². The van der Waals surface area contributed by atoms with Crippen LogP contribution in [0.15, 0.2) is 24.3 Å². The summed E-state index contributed by atoms with van der Waals surface area (Å²) in [6.07, 6.45) is 0. The molecule has 0 atom stereocenters. The van der Waals surface area contributed by atoms with Crippen molar-refractivity contribution in [3.63, 3.8) is 0 Å². The molecule has 0 spiro atoms. The first-order valence-electron chi connectivity index (χ1n) is 7.02. The van der Waals surface area contributed by atoms with Gasteiger partial charge < -0.3 is 14.0 Å². The normalized spacial score (nSPS) is 10.5. The third-order valence-corrected chi connectivity index (χ3v) is 3.81. The zero-order valence-corrected chi connectivity index (χ0v) is 13.5. The number of carbonyl (C=O) groups excluding carboxylic acids is 2. The average Bonchev–Trinajstić information content (AvgIpc) is 2.79. The Bertz CT molecular complexity index is 764. The van der Waals surface area contributed by atoms with Gasteiger partial charge in [-0.3, -0.25) is 4.79 Å². The van der Waals surface area contributed by atoms with Crippen molar-refractivity contribution >= 4 is 11.8 Å². The maximum absolute atomic E-state index is 13.8. The first kappa shape index (κ1) is 16.7. The quantitative estimate of drug-likeness (QED) is 0.628. The van der Waals surface area contributed by atoms with Gasteiger partial charge in [-0.25, -0.2) is 9.18 Å². The van der Waals surface area contributed by atoms with Crippen molar-refractivity contribution in [3.05, 3.63) is 52.6 Å². The lowest BCUT2D eigenvalue weighted by Gasteiger charge is -2.07. The molecule has 0 radical (unpaired) electrons. The summed E-state index contributed by atoms with van der Waals surface area (Å²) in [6.45, 7) is 3.25. The van der Waals surface area contributed by atoms with Crippen molar-refractivity contribution in [2.24, 2.45) is 7.05 Å². The fourth-order valence-electron chi connectivity index (χ4n) is 2.21. The molecule has 0 bridgehead atoms. The van der Waals surface area contributed by atoms with Gasteiger partial charge in [0.1, 0.15) is 11.6 Å². The Morgan fingerprint density at radius 2 is 1.87 bits per heavy atom. The van der Waals surface area contributed by atoms with Gasteiger partial charge in [-0.1, -0.05) is 0 Å². The van der Waals surface area contributed by atoms with E-state index >= 15 is 0 Å². The van der Waals surface area contributed by atoms with E-state index in [1.165, 1.54) is 19.2 Å². The van der Waals surface area contributed by atoms with Crippen LogP contribution in [0.1, 0.15) is 32.1 Å². The molecule has 0 amide bonds. The van der Waals surface area contributed by atoms with Crippen LogP contribution in [0, 0.1) is 19.7 Å². The van der Waals surface area contributed by atoms with Crippen LogP contribution in [0.2, 0.25) is 0 Å². The molecule has 0 fully saturated rings. The fraction of sp³-hybridized carbons (Fsp3) is 0.294. The van der Waals surface area contributed by atoms with E-state index in [0.717, 1.165) is 17.5 Å². The van der Waals surface area contributed by atoms with E-state index in [2.05, 4.69) is 0 Å². The van der Waals surface area contributed by atoms with Crippen LogP contribution >= 0.6 is 0 Å². The number of hydrogen-bond donors (Lipinski definition) is 0. The van der Waals surface area contributed by atoms with E-state index in [9.17, 15) is 14.0 Å². The highest BCUT2D eigenvalue weighted by Gasteiger charge is 2.18. The summed E-state index contributed by atoms with van der Waals surface area (Å²) in [7, 11) is 3.25. The molecule has 6 heteroatoms. The summed E-state index contributed by atoms with van der Waals surface area (Å²) >= 11 is 0. The second-order valence-electron chi connectivity index (χ2n) is 5.19. The van der Waals surface area contributed by atoms with Crippen molar-refractivity contribution in [2.75, 3.05) is 13.7 Å². The summed E-state index contributed by atoms with van der Waals surface area (Å²) in [5, 5.41) is 0. The molecule has 1 aromatic carbocycles. The molecule has 0 unspecified atom stereocenters. The monoisotopic (exact) mass is 319 g/mol. The van der Waals surface area contributed by atoms with Crippen molar-refractivity contribution in [1.82, 2.24) is 4.57 Å². The van der Waals surface area contributed by atoms with Gasteiger partial charge in [0.05, 0.1) is 12.7 Å². The molecule has 122 valence electrons. The van der Waals surface area contributed by atoms with Gasteiger partial charge in [0, 0.05) is 30.1 Å². The van der Waals surface area contributed by atoms with Crippen LogP contribution < -0.4 is 4.74 Å². The van der Waals surface area contributed by atoms with Crippen LogP contribution in [0.3, 0.4) is 0 Å². The van der Waals surface area contributed by atoms with Crippen LogP contribution in [0.5, 0.6) is 5.75 Å². The van der Waals surface area contributed by atoms with Crippen LogP contribution in [0.4, 0.5) is 4.39 Å². The van der Waals surface area contributed by atoms with Gasteiger partial charge in [0.2, 0.25) is 5.78 Å². The number of ketones is 1. The maximum Gasteiger partial charge on any atom is 0.341 e. The minimum atomic E-state index is -0.885. The molecule has 2 aromatic rings. The van der Waals surface area contributed by atoms with E-state index in [-0.39, 0.29) is 11.3 Å². The highest BCUT2D eigenvalue weighted by molar-refractivity contribution is 6.00. The first-order valence-corrected chi connectivity index (χ1v) is 7.02. The number of carbonyl (C=O) groups is 2. The summed E-state index contributed by atoms with van der Waals surface area (Å²) in [6, 6.07) is 5.54. The zero-order chi connectivity index (χ0) is 17.1. The van der Waals surface area contributed by atoms with Gasteiger partial charge in [-0.05, 0) is 32.0 Å². The van der Waals surface area contributed by atoms with Gasteiger partial charge in [-0.2, -0.15) is 0 Å². The minimum absolute atomic E-state index is 0.237. The minimum Gasteiger partial charge on any atom is -0.497 e. The standard InChI is InChI=1S/C17H18FNO4/c1-10-7-14(11(2)19(10)3)16(20)9-23-17(21)13-6-5-12(22-4)8-15(13)18/h5-8H,9H2,1-4H3. The highest BCUT2D eigenvalue weighted by atomic mass is 19.1. The second-order valence-corrected chi connectivity index (χ2v) is 5.19. The number of aromatic nitrogens is 1. The number of ether oxygens (including phenoxy) is 2. The molecule has 1 aromatic heterocycles. The highest BCUT2D eigenvalue weighted by Crippen LogP contribution is 2.18. The lowest BCUT2D eigenvalue weighted by Crippen LogP contribution is -2.16. The molecule has 0 saturated carbocycles. The Hall–Kier alpha value is -2.63. The van der Waals surface area contributed by atoms with Crippen molar-refractivity contribution < 1.29 is 23.5 Å². The van der Waals surface area contributed by atoms with E-state index < -0.39 is 18.4 Å². The topological polar surface area (TPSA) is 57.5 Å². The number of hydrogen-bond acceptors (Lipinski definition) is 4. The molecule has 0 N–H and O–H groups in total.